The molecule has 1 aromatic carbocycles. The van der Waals surface area contributed by atoms with Crippen LogP contribution in [0.5, 0.6) is 0 Å². The van der Waals surface area contributed by atoms with Gasteiger partial charge in [-0.05, 0) is 36.3 Å². The first-order valence-corrected chi connectivity index (χ1v) is 13.9. The Balaban J connectivity index is 2.11. The highest BCUT2D eigenvalue weighted by molar-refractivity contribution is 7.98. The third-order valence-corrected chi connectivity index (χ3v) is 6.91. The largest absolute Gasteiger partial charge is 0.480 e. The Morgan fingerprint density at radius 3 is 2.29 bits per heavy atom. The number of imidazole rings is 1. The minimum absolute atomic E-state index is 0.00789. The van der Waals surface area contributed by atoms with Crippen LogP contribution >= 0.6 is 11.8 Å². The molecule has 0 saturated heterocycles. The number of hydrogen-bond acceptors (Lipinski definition) is 7. The average molecular weight is 547 g/mol. The number of aliphatic carboxylic acids is 1. The summed E-state index contributed by atoms with van der Waals surface area (Å²) in [5, 5.41) is 17.6. The van der Waals surface area contributed by atoms with Gasteiger partial charge in [0.25, 0.3) is 0 Å². The van der Waals surface area contributed by atoms with E-state index in [4.69, 9.17) is 5.73 Å². The van der Waals surface area contributed by atoms with Crippen LogP contribution in [0.15, 0.2) is 42.9 Å². The average Bonchev–Trinajstić information content (AvgIpc) is 3.42. The highest BCUT2D eigenvalue weighted by atomic mass is 32.2. The van der Waals surface area contributed by atoms with Crippen LogP contribution in [0, 0.1) is 5.92 Å². The number of carbonyl (C=O) groups is 4. The summed E-state index contributed by atoms with van der Waals surface area (Å²) in [6.07, 6.45) is 6.01. The molecule has 7 N–H and O–H groups in total. The summed E-state index contributed by atoms with van der Waals surface area (Å²) in [4.78, 5) is 57.8. The number of nitrogens with one attached hydrogen (secondary N) is 4. The van der Waals surface area contributed by atoms with Crippen LogP contribution in [0.1, 0.15) is 37.9 Å². The molecule has 5 unspecified atom stereocenters. The van der Waals surface area contributed by atoms with Gasteiger partial charge >= 0.3 is 5.97 Å². The summed E-state index contributed by atoms with van der Waals surface area (Å²) in [6.45, 7) is 3.66. The van der Waals surface area contributed by atoms with E-state index in [2.05, 4.69) is 25.9 Å². The first kappa shape index (κ1) is 30.8. The second kappa shape index (κ2) is 15.8. The van der Waals surface area contributed by atoms with Gasteiger partial charge in [0.05, 0.1) is 12.4 Å². The van der Waals surface area contributed by atoms with Crippen LogP contribution in [0.4, 0.5) is 0 Å². The zero-order valence-corrected chi connectivity index (χ0v) is 22.8. The number of nitrogens with two attached hydrogens (primary N) is 1. The molecule has 0 bridgehead atoms. The molecule has 0 aliphatic heterocycles. The molecule has 0 aliphatic carbocycles. The van der Waals surface area contributed by atoms with Crippen molar-refractivity contribution >= 4 is 35.5 Å². The number of thioether (sulfide) groups is 1. The highest BCUT2D eigenvalue weighted by Crippen LogP contribution is 2.11. The van der Waals surface area contributed by atoms with E-state index in [1.165, 1.54) is 24.3 Å². The number of benzene rings is 1. The predicted octanol–water partition coefficient (Wildman–Crippen LogP) is 0.860. The molecule has 1 heterocycles. The standard InChI is InChI=1S/C26H38N6O5S/c1-4-16(2)22(25(35)31-21(26(36)37)13-18-14-28-15-29-18)32-24(34)20(10-11-38-3)30-23(33)19(27)12-17-8-6-5-7-9-17/h5-9,14-16,19-22H,4,10-13,27H2,1-3H3,(H,28,29)(H,30,33)(H,31,35)(H,32,34)(H,36,37). The molecule has 1 aromatic heterocycles. The molecule has 5 atom stereocenters. The van der Waals surface area contributed by atoms with Crippen LogP contribution in [0.3, 0.4) is 0 Å². The van der Waals surface area contributed by atoms with E-state index in [1.54, 1.807) is 6.92 Å². The van der Waals surface area contributed by atoms with Gasteiger partial charge in [-0.2, -0.15) is 11.8 Å². The Bertz CT molecular complexity index is 1040. The minimum Gasteiger partial charge on any atom is -0.480 e. The van der Waals surface area contributed by atoms with Gasteiger partial charge in [-0.15, -0.1) is 0 Å². The number of nitrogens with zero attached hydrogens (tertiary/aromatic N) is 1. The quantitative estimate of drug-likeness (QED) is 0.179. The lowest BCUT2D eigenvalue weighted by Gasteiger charge is -2.28. The molecular weight excluding hydrogens is 508 g/mol. The van der Waals surface area contributed by atoms with Gasteiger partial charge < -0.3 is 31.8 Å². The maximum absolute atomic E-state index is 13.3. The van der Waals surface area contributed by atoms with E-state index in [1.807, 2.05) is 43.5 Å². The van der Waals surface area contributed by atoms with Crippen LogP contribution in [-0.4, -0.2) is 74.9 Å². The summed E-state index contributed by atoms with van der Waals surface area (Å²) in [7, 11) is 0. The maximum atomic E-state index is 13.3. The van der Waals surface area contributed by atoms with Crippen molar-refractivity contribution < 1.29 is 24.3 Å². The summed E-state index contributed by atoms with van der Waals surface area (Å²) < 4.78 is 0. The molecule has 208 valence electrons. The van der Waals surface area contributed by atoms with E-state index < -0.39 is 47.9 Å². The van der Waals surface area contributed by atoms with Crippen LogP contribution in [0.2, 0.25) is 0 Å². The molecule has 3 amide bonds. The number of carboxylic acid groups (broad SMARTS) is 1. The SMILES string of the molecule is CCC(C)C(NC(=O)C(CCSC)NC(=O)C(N)Cc1ccccc1)C(=O)NC(Cc1cnc[nH]1)C(=O)O. The number of H-pyrrole nitrogens is 1. The smallest absolute Gasteiger partial charge is 0.326 e. The molecule has 0 fully saturated rings. The first-order valence-electron chi connectivity index (χ1n) is 12.6. The molecule has 0 spiro atoms. The van der Waals surface area contributed by atoms with Gasteiger partial charge in [-0.25, -0.2) is 9.78 Å². The van der Waals surface area contributed by atoms with E-state index in [-0.39, 0.29) is 12.3 Å². The number of aromatic nitrogens is 2. The van der Waals surface area contributed by atoms with Gasteiger partial charge in [0, 0.05) is 18.3 Å². The second-order valence-corrected chi connectivity index (χ2v) is 10.2. The fourth-order valence-electron chi connectivity index (χ4n) is 3.78. The molecule has 12 heteroatoms. The van der Waals surface area contributed by atoms with Crippen molar-refractivity contribution in [2.24, 2.45) is 11.7 Å². The Morgan fingerprint density at radius 1 is 1.03 bits per heavy atom. The molecule has 0 aliphatic rings. The van der Waals surface area contributed by atoms with Gasteiger partial charge in [-0.1, -0.05) is 50.6 Å². The summed E-state index contributed by atoms with van der Waals surface area (Å²) in [5.74, 6) is -2.52. The molecule has 38 heavy (non-hydrogen) atoms. The zero-order chi connectivity index (χ0) is 28.1. The van der Waals surface area contributed by atoms with E-state index in [0.717, 1.165) is 5.56 Å². The van der Waals surface area contributed by atoms with Gasteiger partial charge in [0.15, 0.2) is 0 Å². The van der Waals surface area contributed by atoms with E-state index >= 15 is 0 Å². The summed E-state index contributed by atoms with van der Waals surface area (Å²) >= 11 is 1.52. The van der Waals surface area contributed by atoms with Crippen molar-refractivity contribution in [1.29, 1.82) is 0 Å². The number of aromatic amines is 1. The summed E-state index contributed by atoms with van der Waals surface area (Å²) in [6, 6.07) is 5.37. The Kier molecular flexibility index (Phi) is 12.8. The van der Waals surface area contributed by atoms with Crippen molar-refractivity contribution in [1.82, 2.24) is 25.9 Å². The molecule has 11 nitrogen and oxygen atoms in total. The molecule has 0 saturated carbocycles. The normalized spacial score (nSPS) is 14.9. The van der Waals surface area contributed by atoms with Crippen molar-refractivity contribution in [3.8, 4) is 0 Å². The highest BCUT2D eigenvalue weighted by Gasteiger charge is 2.32. The summed E-state index contributed by atoms with van der Waals surface area (Å²) in [5.41, 5.74) is 7.56. The number of amides is 3. The lowest BCUT2D eigenvalue weighted by Crippen LogP contribution is -2.59. The third-order valence-electron chi connectivity index (χ3n) is 6.27. The maximum Gasteiger partial charge on any atom is 0.326 e. The number of rotatable bonds is 16. The fraction of sp³-hybridized carbons (Fsp3) is 0.500. The van der Waals surface area contributed by atoms with E-state index in [0.29, 0.717) is 30.7 Å². The number of hydrogen-bond donors (Lipinski definition) is 6. The second-order valence-electron chi connectivity index (χ2n) is 9.19. The van der Waals surface area contributed by atoms with Crippen LogP contribution < -0.4 is 21.7 Å². The third kappa shape index (κ3) is 9.82. The van der Waals surface area contributed by atoms with Crippen molar-refractivity contribution in [2.45, 2.75) is 63.7 Å². The lowest BCUT2D eigenvalue weighted by atomic mass is 9.97. The molecule has 0 radical (unpaired) electrons. The number of carboxylic acids is 1. The molecule has 2 aromatic rings. The van der Waals surface area contributed by atoms with Gasteiger partial charge in [0.2, 0.25) is 17.7 Å². The lowest BCUT2D eigenvalue weighted by molar-refractivity contribution is -0.142. The van der Waals surface area contributed by atoms with Crippen LogP contribution in [0.25, 0.3) is 0 Å². The first-order chi connectivity index (χ1) is 18.2. The topological polar surface area (TPSA) is 179 Å². The van der Waals surface area contributed by atoms with E-state index in [9.17, 15) is 24.3 Å². The van der Waals surface area contributed by atoms with Crippen LogP contribution in [-0.2, 0) is 32.0 Å². The Hall–Kier alpha value is -3.38. The number of carbonyl (C=O) groups excluding carboxylic acids is 3. The Labute approximate surface area is 227 Å². The van der Waals surface area contributed by atoms with Crippen molar-refractivity contribution in [3.05, 3.63) is 54.1 Å². The molecule has 2 rings (SSSR count). The fourth-order valence-corrected chi connectivity index (χ4v) is 4.25. The van der Waals surface area contributed by atoms with Gasteiger partial charge in [0.1, 0.15) is 18.1 Å². The van der Waals surface area contributed by atoms with Crippen molar-refractivity contribution in [2.75, 3.05) is 12.0 Å². The predicted molar refractivity (Wildman–Crippen MR) is 146 cm³/mol. The minimum atomic E-state index is -1.21. The van der Waals surface area contributed by atoms with Gasteiger partial charge in [-0.3, -0.25) is 14.4 Å². The molecular formula is C26H38N6O5S. The monoisotopic (exact) mass is 546 g/mol. The Morgan fingerprint density at radius 2 is 1.71 bits per heavy atom. The van der Waals surface area contributed by atoms with Crippen molar-refractivity contribution in [3.63, 3.8) is 0 Å². The zero-order valence-electron chi connectivity index (χ0n) is 22.0.